The van der Waals surface area contributed by atoms with Crippen LogP contribution in [0.3, 0.4) is 0 Å². The van der Waals surface area contributed by atoms with Gasteiger partial charge in [-0.3, -0.25) is 10.1 Å². The summed E-state index contributed by atoms with van der Waals surface area (Å²) < 4.78 is 0. The number of carbonyl (C=O) groups is 1. The van der Waals surface area contributed by atoms with Crippen molar-refractivity contribution in [2.45, 2.75) is 6.42 Å². The number of likely N-dealkylation sites (N-methyl/N-ethyl adjacent to an activating group) is 1. The minimum Gasteiger partial charge on any atom is -0.359 e. The first-order valence-corrected chi connectivity index (χ1v) is 8.61. The highest BCUT2D eigenvalue weighted by Crippen LogP contribution is 2.14. The van der Waals surface area contributed by atoms with Crippen molar-refractivity contribution in [3.63, 3.8) is 0 Å². The van der Waals surface area contributed by atoms with Crippen LogP contribution < -0.4 is 10.2 Å². The Morgan fingerprint density at radius 2 is 2.22 bits per heavy atom. The molecule has 3 aromatic heterocycles. The first kappa shape index (κ1) is 15.5. The Morgan fingerprint density at radius 3 is 2.87 bits per heavy atom. The van der Waals surface area contributed by atoms with Crippen LogP contribution in [0.2, 0.25) is 0 Å². The van der Waals surface area contributed by atoms with Gasteiger partial charge in [0, 0.05) is 37.8 Å². The molecular formula is C14H14N6OS2. The molecule has 23 heavy (non-hydrogen) atoms. The van der Waals surface area contributed by atoms with E-state index in [1.165, 1.54) is 11.3 Å². The topological polar surface area (TPSA) is 83.9 Å². The molecule has 7 nitrogen and oxygen atoms in total. The van der Waals surface area contributed by atoms with Crippen molar-refractivity contribution >= 4 is 39.5 Å². The van der Waals surface area contributed by atoms with Crippen molar-refractivity contribution in [2.75, 3.05) is 23.8 Å². The highest BCUT2D eigenvalue weighted by molar-refractivity contribution is 7.13. The zero-order valence-corrected chi connectivity index (χ0v) is 14.0. The smallest absolute Gasteiger partial charge is 0.259 e. The van der Waals surface area contributed by atoms with E-state index in [-0.39, 0.29) is 5.91 Å². The summed E-state index contributed by atoms with van der Waals surface area (Å²) in [5.41, 5.74) is 2.05. The molecule has 0 unspecified atom stereocenters. The third-order valence-corrected chi connectivity index (χ3v) is 4.57. The molecule has 9 heteroatoms. The zero-order valence-electron chi connectivity index (χ0n) is 12.3. The number of hydrogen-bond acceptors (Lipinski definition) is 8. The summed E-state index contributed by atoms with van der Waals surface area (Å²) in [6.45, 7) is 0.816. The lowest BCUT2D eigenvalue weighted by Crippen LogP contribution is -2.21. The standard InChI is InChI=1S/C14H14N6OS2/c1-20(6-4-12-15-5-7-22-12)11-3-2-10(8-16-11)13(21)18-14-19-17-9-23-14/h2-3,5,7-9H,4,6H2,1H3,(H,18,19,21). The molecule has 3 rings (SSSR count). The summed E-state index contributed by atoms with van der Waals surface area (Å²) in [5.74, 6) is 0.570. The second kappa shape index (κ2) is 7.25. The van der Waals surface area contributed by atoms with Crippen LogP contribution >= 0.6 is 22.7 Å². The fourth-order valence-corrected chi connectivity index (χ4v) is 2.95. The van der Waals surface area contributed by atoms with Crippen molar-refractivity contribution in [3.8, 4) is 0 Å². The SMILES string of the molecule is CN(CCc1nccs1)c1ccc(C(=O)Nc2nncs2)cn1. The molecular weight excluding hydrogens is 332 g/mol. The number of rotatable bonds is 6. The van der Waals surface area contributed by atoms with Gasteiger partial charge in [-0.1, -0.05) is 11.3 Å². The molecule has 1 N–H and O–H groups in total. The number of thiazole rings is 1. The maximum atomic E-state index is 12.0. The van der Waals surface area contributed by atoms with Gasteiger partial charge >= 0.3 is 0 Å². The number of hydrogen-bond donors (Lipinski definition) is 1. The molecule has 0 aliphatic heterocycles. The van der Waals surface area contributed by atoms with Crippen molar-refractivity contribution in [3.05, 3.63) is 46.0 Å². The minimum atomic E-state index is -0.244. The number of nitrogens with zero attached hydrogens (tertiary/aromatic N) is 5. The molecule has 3 aromatic rings. The van der Waals surface area contributed by atoms with Crippen LogP contribution in [-0.2, 0) is 6.42 Å². The molecule has 0 bridgehead atoms. The Hall–Kier alpha value is -2.39. The van der Waals surface area contributed by atoms with Crippen molar-refractivity contribution in [1.29, 1.82) is 0 Å². The number of anilines is 2. The van der Waals surface area contributed by atoms with Gasteiger partial charge in [-0.05, 0) is 12.1 Å². The second-order valence-corrected chi connectivity index (χ2v) is 6.51. The van der Waals surface area contributed by atoms with Crippen molar-refractivity contribution in [2.24, 2.45) is 0 Å². The van der Waals surface area contributed by atoms with E-state index in [2.05, 4.69) is 25.5 Å². The van der Waals surface area contributed by atoms with Gasteiger partial charge < -0.3 is 4.90 Å². The van der Waals surface area contributed by atoms with Crippen LogP contribution in [0.4, 0.5) is 10.9 Å². The van der Waals surface area contributed by atoms with E-state index in [1.54, 1.807) is 29.1 Å². The molecule has 0 saturated heterocycles. The number of amides is 1. The molecule has 118 valence electrons. The summed E-state index contributed by atoms with van der Waals surface area (Å²) in [6.07, 6.45) is 4.24. The Bertz CT molecular complexity index is 742. The zero-order chi connectivity index (χ0) is 16.1. The average Bonchev–Trinajstić information content (AvgIpc) is 3.26. The fourth-order valence-electron chi connectivity index (χ4n) is 1.90. The van der Waals surface area contributed by atoms with E-state index in [9.17, 15) is 4.79 Å². The highest BCUT2D eigenvalue weighted by Gasteiger charge is 2.10. The Kier molecular flexibility index (Phi) is 4.89. The summed E-state index contributed by atoms with van der Waals surface area (Å²) in [7, 11) is 1.97. The lowest BCUT2D eigenvalue weighted by molar-refractivity contribution is 0.102. The molecule has 0 aliphatic carbocycles. The lowest BCUT2D eigenvalue weighted by Gasteiger charge is -2.17. The molecule has 0 saturated carbocycles. The summed E-state index contributed by atoms with van der Waals surface area (Å²) in [5, 5.41) is 13.7. The Labute approximate surface area is 141 Å². The Morgan fingerprint density at radius 1 is 1.30 bits per heavy atom. The van der Waals surface area contributed by atoms with E-state index in [1.807, 2.05) is 29.6 Å². The molecule has 0 spiro atoms. The first-order valence-electron chi connectivity index (χ1n) is 6.85. The maximum Gasteiger partial charge on any atom is 0.259 e. The summed E-state index contributed by atoms with van der Waals surface area (Å²) in [4.78, 5) is 22.7. The molecule has 3 heterocycles. The van der Waals surface area contributed by atoms with E-state index in [0.717, 1.165) is 23.8 Å². The van der Waals surface area contributed by atoms with Crippen LogP contribution in [0.15, 0.2) is 35.4 Å². The van der Waals surface area contributed by atoms with Crippen molar-refractivity contribution < 1.29 is 4.79 Å². The van der Waals surface area contributed by atoms with Gasteiger partial charge in [0.05, 0.1) is 10.6 Å². The number of carbonyl (C=O) groups excluding carboxylic acids is 1. The third-order valence-electron chi connectivity index (χ3n) is 3.13. The normalized spacial score (nSPS) is 10.5. The maximum absolute atomic E-state index is 12.0. The van der Waals surface area contributed by atoms with E-state index in [0.29, 0.717) is 10.7 Å². The molecule has 1 amide bonds. The van der Waals surface area contributed by atoms with Crippen LogP contribution in [0, 0.1) is 0 Å². The Balaban J connectivity index is 1.58. The van der Waals surface area contributed by atoms with E-state index < -0.39 is 0 Å². The van der Waals surface area contributed by atoms with Crippen LogP contribution in [0.1, 0.15) is 15.4 Å². The van der Waals surface area contributed by atoms with Crippen LogP contribution in [0.25, 0.3) is 0 Å². The molecule has 0 aromatic carbocycles. The van der Waals surface area contributed by atoms with Gasteiger partial charge in [0.25, 0.3) is 5.91 Å². The quantitative estimate of drug-likeness (QED) is 0.737. The van der Waals surface area contributed by atoms with Gasteiger partial charge in [0.2, 0.25) is 5.13 Å². The summed E-state index contributed by atoms with van der Waals surface area (Å²) >= 11 is 2.92. The summed E-state index contributed by atoms with van der Waals surface area (Å²) in [6, 6.07) is 3.58. The van der Waals surface area contributed by atoms with E-state index >= 15 is 0 Å². The molecule has 0 aliphatic rings. The van der Waals surface area contributed by atoms with Crippen LogP contribution in [-0.4, -0.2) is 39.7 Å². The minimum absolute atomic E-state index is 0.244. The predicted molar refractivity (Wildman–Crippen MR) is 91.2 cm³/mol. The fraction of sp³-hybridized carbons (Fsp3) is 0.214. The highest BCUT2D eigenvalue weighted by atomic mass is 32.1. The molecule has 0 fully saturated rings. The molecule has 0 atom stereocenters. The van der Waals surface area contributed by atoms with Gasteiger partial charge in [-0.2, -0.15) is 0 Å². The lowest BCUT2D eigenvalue weighted by atomic mass is 10.2. The van der Waals surface area contributed by atoms with Gasteiger partial charge in [0.15, 0.2) is 0 Å². The number of aromatic nitrogens is 4. The first-order chi connectivity index (χ1) is 11.2. The average molecular weight is 346 g/mol. The van der Waals surface area contributed by atoms with Crippen molar-refractivity contribution in [1.82, 2.24) is 20.2 Å². The largest absolute Gasteiger partial charge is 0.359 e. The predicted octanol–water partition coefficient (Wildman–Crippen LogP) is 2.32. The van der Waals surface area contributed by atoms with Gasteiger partial charge in [-0.25, -0.2) is 9.97 Å². The monoisotopic (exact) mass is 346 g/mol. The van der Waals surface area contributed by atoms with Gasteiger partial charge in [0.1, 0.15) is 11.3 Å². The second-order valence-electron chi connectivity index (χ2n) is 4.70. The third kappa shape index (κ3) is 4.08. The number of pyridine rings is 1. The molecule has 0 radical (unpaired) electrons. The van der Waals surface area contributed by atoms with Crippen LogP contribution in [0.5, 0.6) is 0 Å². The van der Waals surface area contributed by atoms with Gasteiger partial charge in [-0.15, -0.1) is 21.5 Å². The number of nitrogens with one attached hydrogen (secondary N) is 1. The van der Waals surface area contributed by atoms with E-state index in [4.69, 9.17) is 0 Å².